The summed E-state index contributed by atoms with van der Waals surface area (Å²) in [6.07, 6.45) is 3.29. The van der Waals surface area contributed by atoms with E-state index in [-0.39, 0.29) is 5.92 Å². The van der Waals surface area contributed by atoms with Crippen LogP contribution < -0.4 is 0 Å². The predicted molar refractivity (Wildman–Crippen MR) is 108 cm³/mol. The van der Waals surface area contributed by atoms with Gasteiger partial charge in [0.1, 0.15) is 0 Å². The molecule has 26 heavy (non-hydrogen) atoms. The van der Waals surface area contributed by atoms with Crippen molar-refractivity contribution in [2.24, 2.45) is 5.92 Å². The molecule has 3 rings (SSSR count). The minimum Gasteiger partial charge on any atom is -0.264 e. The van der Waals surface area contributed by atoms with Gasteiger partial charge >= 0.3 is 0 Å². The van der Waals surface area contributed by atoms with Crippen molar-refractivity contribution in [1.29, 1.82) is 0 Å². The molecule has 0 aliphatic carbocycles. The van der Waals surface area contributed by atoms with Gasteiger partial charge in [-0.15, -0.1) is 0 Å². The van der Waals surface area contributed by atoms with Gasteiger partial charge in [-0.2, -0.15) is 4.31 Å². The van der Waals surface area contributed by atoms with E-state index in [4.69, 9.17) is 0 Å². The second-order valence-electron chi connectivity index (χ2n) is 6.64. The Hall–Kier alpha value is -1.76. The van der Waals surface area contributed by atoms with Crippen LogP contribution in [0.15, 0.2) is 70.3 Å². The van der Waals surface area contributed by atoms with Crippen molar-refractivity contribution >= 4 is 36.7 Å². The summed E-state index contributed by atoms with van der Waals surface area (Å²) in [5.74, 6) is 0.209. The first-order valence-corrected chi connectivity index (χ1v) is 10.7. The van der Waals surface area contributed by atoms with Crippen molar-refractivity contribution in [3.05, 3.63) is 71.0 Å². The second kappa shape index (κ2) is 7.86. The van der Waals surface area contributed by atoms with E-state index in [1.54, 1.807) is 28.8 Å². The van der Waals surface area contributed by atoms with E-state index in [2.05, 4.69) is 20.9 Å². The average Bonchev–Trinajstić information content (AvgIpc) is 2.62. The molecule has 0 spiro atoms. The first-order valence-electron chi connectivity index (χ1n) is 8.46. The van der Waals surface area contributed by atoms with E-state index in [0.29, 0.717) is 23.4 Å². The van der Waals surface area contributed by atoms with Crippen LogP contribution in [0.4, 0.5) is 0 Å². The van der Waals surface area contributed by atoms with E-state index in [0.717, 1.165) is 15.4 Å². The van der Waals surface area contributed by atoms with E-state index < -0.39 is 10.0 Å². The van der Waals surface area contributed by atoms with Gasteiger partial charge in [0.15, 0.2) is 0 Å². The molecule has 0 unspecified atom stereocenters. The summed E-state index contributed by atoms with van der Waals surface area (Å²) in [6.45, 7) is 4.80. The van der Waals surface area contributed by atoms with Crippen molar-refractivity contribution in [2.45, 2.75) is 25.3 Å². The Morgan fingerprint density at radius 3 is 2.58 bits per heavy atom. The molecule has 1 heterocycles. The van der Waals surface area contributed by atoms with Crippen LogP contribution in [-0.4, -0.2) is 24.3 Å². The Balaban J connectivity index is 2.08. The Kier molecular flexibility index (Phi) is 5.75. The minimum absolute atomic E-state index is 0.209. The largest absolute Gasteiger partial charge is 0.264 e. The molecule has 0 bridgehead atoms. The molecule has 0 fully saturated rings. The third kappa shape index (κ3) is 3.98. The molecule has 0 radical (unpaired) electrons. The first-order chi connectivity index (χ1) is 12.4. The fraction of sp³-hybridized carbons (Fsp3) is 0.250. The summed E-state index contributed by atoms with van der Waals surface area (Å²) < 4.78 is 29.4. The molecular weight excluding hydrogens is 412 g/mol. The van der Waals surface area contributed by atoms with Crippen molar-refractivity contribution in [3.63, 3.8) is 0 Å². The Labute approximate surface area is 163 Å². The summed E-state index contributed by atoms with van der Waals surface area (Å²) in [5.41, 5.74) is 0.940. The van der Waals surface area contributed by atoms with E-state index in [9.17, 15) is 8.42 Å². The van der Waals surface area contributed by atoms with Crippen LogP contribution in [0, 0.1) is 5.92 Å². The van der Waals surface area contributed by atoms with Crippen LogP contribution in [0.25, 0.3) is 10.8 Å². The maximum atomic E-state index is 13.5. The summed E-state index contributed by atoms with van der Waals surface area (Å²) in [6, 6.07) is 14.9. The third-order valence-electron chi connectivity index (χ3n) is 4.13. The highest BCUT2D eigenvalue weighted by Crippen LogP contribution is 2.28. The molecule has 0 aliphatic rings. The van der Waals surface area contributed by atoms with Crippen LogP contribution in [0.2, 0.25) is 0 Å². The summed E-state index contributed by atoms with van der Waals surface area (Å²) >= 11 is 3.52. The highest BCUT2D eigenvalue weighted by atomic mass is 79.9. The average molecular weight is 433 g/mol. The molecule has 0 N–H and O–H groups in total. The van der Waals surface area contributed by atoms with E-state index in [1.165, 1.54) is 0 Å². The summed E-state index contributed by atoms with van der Waals surface area (Å²) in [4.78, 5) is 4.42. The molecule has 0 amide bonds. The topological polar surface area (TPSA) is 50.3 Å². The number of aromatic nitrogens is 1. The summed E-state index contributed by atoms with van der Waals surface area (Å²) in [7, 11) is -3.67. The van der Waals surface area contributed by atoms with Gasteiger partial charge in [0.05, 0.1) is 4.90 Å². The summed E-state index contributed by atoms with van der Waals surface area (Å²) in [5, 5.41) is 1.52. The van der Waals surface area contributed by atoms with Gasteiger partial charge < -0.3 is 0 Å². The zero-order valence-electron chi connectivity index (χ0n) is 14.8. The van der Waals surface area contributed by atoms with Crippen molar-refractivity contribution < 1.29 is 8.42 Å². The van der Waals surface area contributed by atoms with Gasteiger partial charge in [0.25, 0.3) is 0 Å². The molecule has 0 saturated heterocycles. The zero-order valence-corrected chi connectivity index (χ0v) is 17.2. The molecule has 0 saturated carbocycles. The normalized spacial score (nSPS) is 12.2. The highest BCUT2D eigenvalue weighted by molar-refractivity contribution is 9.10. The molecule has 0 aliphatic heterocycles. The molecule has 1 aromatic heterocycles. The maximum absolute atomic E-state index is 13.5. The fourth-order valence-electron chi connectivity index (χ4n) is 2.92. The molecule has 2 aromatic carbocycles. The number of pyridine rings is 1. The van der Waals surface area contributed by atoms with Crippen LogP contribution in [0.3, 0.4) is 0 Å². The van der Waals surface area contributed by atoms with Crippen LogP contribution >= 0.6 is 15.9 Å². The van der Waals surface area contributed by atoms with Gasteiger partial charge in [0, 0.05) is 35.3 Å². The van der Waals surface area contributed by atoms with Crippen molar-refractivity contribution in [3.8, 4) is 0 Å². The molecule has 3 aromatic rings. The SMILES string of the molecule is CC(C)CN(Cc1ccccc1Br)S(=O)(=O)c1cccc2ccncc12. The predicted octanol–water partition coefficient (Wildman–Crippen LogP) is 4.84. The lowest BCUT2D eigenvalue weighted by Crippen LogP contribution is -2.34. The Bertz CT molecular complexity index is 1010. The van der Waals surface area contributed by atoms with Gasteiger partial charge in [-0.1, -0.05) is 60.1 Å². The van der Waals surface area contributed by atoms with Crippen LogP contribution in [0.5, 0.6) is 0 Å². The Morgan fingerprint density at radius 1 is 1.08 bits per heavy atom. The third-order valence-corrected chi connectivity index (χ3v) is 6.78. The van der Waals surface area contributed by atoms with E-state index >= 15 is 0 Å². The molecule has 136 valence electrons. The number of sulfonamides is 1. The number of fused-ring (bicyclic) bond motifs is 1. The molecule has 6 heteroatoms. The molecule has 0 atom stereocenters. The van der Waals surface area contributed by atoms with Crippen LogP contribution in [-0.2, 0) is 16.6 Å². The number of hydrogen-bond donors (Lipinski definition) is 0. The smallest absolute Gasteiger partial charge is 0.244 e. The van der Waals surface area contributed by atoms with Crippen molar-refractivity contribution in [2.75, 3.05) is 6.54 Å². The standard InChI is InChI=1S/C20H21BrN2O2S/c1-15(2)13-23(14-17-6-3-4-8-19(17)21)26(24,25)20-9-5-7-16-10-11-22-12-18(16)20/h3-12,15H,13-14H2,1-2H3. The fourth-order valence-corrected chi connectivity index (χ4v) is 5.11. The zero-order chi connectivity index (χ0) is 18.7. The minimum atomic E-state index is -3.67. The van der Waals surface area contributed by atoms with Gasteiger partial charge in [-0.25, -0.2) is 8.42 Å². The van der Waals surface area contributed by atoms with Gasteiger partial charge in [0.2, 0.25) is 10.0 Å². The maximum Gasteiger partial charge on any atom is 0.244 e. The number of nitrogens with zero attached hydrogens (tertiary/aromatic N) is 2. The number of rotatable bonds is 6. The van der Waals surface area contributed by atoms with Gasteiger partial charge in [-0.3, -0.25) is 4.98 Å². The second-order valence-corrected chi connectivity index (χ2v) is 9.40. The van der Waals surface area contributed by atoms with Crippen LogP contribution in [0.1, 0.15) is 19.4 Å². The number of halogens is 1. The quantitative estimate of drug-likeness (QED) is 0.559. The number of hydrogen-bond acceptors (Lipinski definition) is 3. The molecule has 4 nitrogen and oxygen atoms in total. The number of benzene rings is 2. The van der Waals surface area contributed by atoms with E-state index in [1.807, 2.05) is 50.2 Å². The van der Waals surface area contributed by atoms with Gasteiger partial charge in [-0.05, 0) is 35.1 Å². The van der Waals surface area contributed by atoms with Crippen molar-refractivity contribution in [1.82, 2.24) is 9.29 Å². The molecular formula is C20H21BrN2O2S. The first kappa shape index (κ1) is 19.0. The highest BCUT2D eigenvalue weighted by Gasteiger charge is 2.27. The Morgan fingerprint density at radius 2 is 1.85 bits per heavy atom. The lowest BCUT2D eigenvalue weighted by molar-refractivity contribution is 0.362. The monoisotopic (exact) mass is 432 g/mol. The lowest BCUT2D eigenvalue weighted by Gasteiger charge is -2.25. The lowest BCUT2D eigenvalue weighted by atomic mass is 10.2.